The number of amides is 1. The Morgan fingerprint density at radius 2 is 1.74 bits per heavy atom. The highest BCUT2D eigenvalue weighted by atomic mass is 32.2. The second kappa shape index (κ2) is 8.78. The van der Waals surface area contributed by atoms with Crippen LogP contribution in [0.15, 0.2) is 53.6 Å². The quantitative estimate of drug-likeness (QED) is 0.578. The van der Waals surface area contributed by atoms with Gasteiger partial charge in [0.2, 0.25) is 15.9 Å². The first kappa shape index (κ1) is 21.5. The summed E-state index contributed by atoms with van der Waals surface area (Å²) >= 11 is 1.44. The number of aromatic nitrogens is 1. The lowest BCUT2D eigenvalue weighted by atomic mass is 10.2. The van der Waals surface area contributed by atoms with Crippen LogP contribution in [0, 0.1) is 0 Å². The first-order valence-corrected chi connectivity index (χ1v) is 12.3. The van der Waals surface area contributed by atoms with Gasteiger partial charge < -0.3 is 10.6 Å². The molecule has 9 heteroatoms. The second-order valence-corrected chi connectivity index (χ2v) is 10.3. The number of hydrogen-bond acceptors (Lipinski definition) is 6. The molecule has 0 unspecified atom stereocenters. The molecule has 0 radical (unpaired) electrons. The van der Waals surface area contributed by atoms with Gasteiger partial charge in [-0.15, -0.1) is 11.3 Å². The van der Waals surface area contributed by atoms with Crippen molar-refractivity contribution >= 4 is 38.6 Å². The Labute approximate surface area is 186 Å². The SMILES string of the molecule is CNc1ccc(-c2ncc(-c3ccc(NC(C)=O)cc3S(=O)(=O)N3CCCC3)s2)cc1. The van der Waals surface area contributed by atoms with Gasteiger partial charge in [0.05, 0.1) is 9.77 Å². The van der Waals surface area contributed by atoms with E-state index in [0.29, 0.717) is 24.3 Å². The van der Waals surface area contributed by atoms with E-state index in [1.54, 1.807) is 24.4 Å². The van der Waals surface area contributed by atoms with Crippen molar-refractivity contribution in [3.63, 3.8) is 0 Å². The van der Waals surface area contributed by atoms with Crippen LogP contribution in [-0.4, -0.2) is 43.8 Å². The minimum absolute atomic E-state index is 0.196. The van der Waals surface area contributed by atoms with Gasteiger partial charge in [-0.3, -0.25) is 4.79 Å². The zero-order valence-corrected chi connectivity index (χ0v) is 19.0. The average Bonchev–Trinajstić information content (AvgIpc) is 3.46. The molecule has 162 valence electrons. The Bertz CT molecular complexity index is 1200. The molecule has 1 aliphatic heterocycles. The Morgan fingerprint density at radius 3 is 2.39 bits per heavy atom. The van der Waals surface area contributed by atoms with E-state index in [-0.39, 0.29) is 10.8 Å². The predicted molar refractivity (Wildman–Crippen MR) is 125 cm³/mol. The first-order chi connectivity index (χ1) is 14.9. The van der Waals surface area contributed by atoms with E-state index < -0.39 is 10.0 Å². The number of anilines is 2. The summed E-state index contributed by atoms with van der Waals surface area (Å²) in [6.45, 7) is 2.42. The molecule has 3 aromatic rings. The van der Waals surface area contributed by atoms with Crippen molar-refractivity contribution < 1.29 is 13.2 Å². The van der Waals surface area contributed by atoms with E-state index in [9.17, 15) is 13.2 Å². The summed E-state index contributed by atoms with van der Waals surface area (Å²) < 4.78 is 28.3. The van der Waals surface area contributed by atoms with Gasteiger partial charge in [-0.05, 0) is 49.2 Å². The summed E-state index contributed by atoms with van der Waals surface area (Å²) in [6.07, 6.45) is 3.42. The third kappa shape index (κ3) is 4.48. The molecule has 2 aromatic carbocycles. The van der Waals surface area contributed by atoms with Crippen LogP contribution in [0.1, 0.15) is 19.8 Å². The molecule has 2 heterocycles. The Balaban J connectivity index is 1.77. The fourth-order valence-electron chi connectivity index (χ4n) is 3.60. The number of rotatable bonds is 6. The predicted octanol–water partition coefficient (Wildman–Crippen LogP) is 4.26. The Hall–Kier alpha value is -2.75. The number of hydrogen-bond donors (Lipinski definition) is 2. The summed E-state index contributed by atoms with van der Waals surface area (Å²) in [7, 11) is -1.82. The fraction of sp³-hybridized carbons (Fsp3) is 0.273. The summed E-state index contributed by atoms with van der Waals surface area (Å²) in [5.74, 6) is -0.248. The van der Waals surface area contributed by atoms with Gasteiger partial charge in [-0.1, -0.05) is 6.07 Å². The highest BCUT2D eigenvalue weighted by molar-refractivity contribution is 7.89. The standard InChI is InChI=1S/C22H24N4O3S2/c1-15(27)25-18-9-10-19(21(13-18)31(28,29)26-11-3-4-12-26)20-14-24-22(30-20)16-5-7-17(23-2)8-6-16/h5-10,13-14,23H,3-4,11-12H2,1-2H3,(H,25,27). The maximum Gasteiger partial charge on any atom is 0.243 e. The average molecular weight is 457 g/mol. The van der Waals surface area contributed by atoms with Gasteiger partial charge in [0.15, 0.2) is 0 Å². The number of carbonyl (C=O) groups is 1. The normalized spacial score (nSPS) is 14.5. The van der Waals surface area contributed by atoms with Crippen molar-refractivity contribution in [1.82, 2.24) is 9.29 Å². The molecule has 1 amide bonds. The van der Waals surface area contributed by atoms with E-state index in [2.05, 4.69) is 15.6 Å². The molecule has 1 aliphatic rings. The third-order valence-electron chi connectivity index (χ3n) is 5.18. The zero-order chi connectivity index (χ0) is 22.0. The number of sulfonamides is 1. The molecule has 0 spiro atoms. The number of nitrogens with zero attached hydrogens (tertiary/aromatic N) is 2. The van der Waals surface area contributed by atoms with Crippen LogP contribution >= 0.6 is 11.3 Å². The van der Waals surface area contributed by atoms with E-state index >= 15 is 0 Å². The van der Waals surface area contributed by atoms with Crippen molar-refractivity contribution in [2.75, 3.05) is 30.8 Å². The van der Waals surface area contributed by atoms with Crippen LogP contribution in [0.25, 0.3) is 21.0 Å². The van der Waals surface area contributed by atoms with Gasteiger partial charge >= 0.3 is 0 Å². The molecule has 0 atom stereocenters. The molecular weight excluding hydrogens is 432 g/mol. The van der Waals surface area contributed by atoms with Crippen LogP contribution in [-0.2, 0) is 14.8 Å². The van der Waals surface area contributed by atoms with Crippen LogP contribution in [0.4, 0.5) is 11.4 Å². The lowest BCUT2D eigenvalue weighted by molar-refractivity contribution is -0.114. The number of nitrogens with one attached hydrogen (secondary N) is 2. The number of thiazole rings is 1. The lowest BCUT2D eigenvalue weighted by Gasteiger charge is -2.18. The lowest BCUT2D eigenvalue weighted by Crippen LogP contribution is -2.28. The van der Waals surface area contributed by atoms with E-state index in [1.165, 1.54) is 22.6 Å². The zero-order valence-electron chi connectivity index (χ0n) is 17.4. The molecule has 0 bridgehead atoms. The summed E-state index contributed by atoms with van der Waals surface area (Å²) in [5, 5.41) is 6.59. The maximum absolute atomic E-state index is 13.4. The van der Waals surface area contributed by atoms with Crippen LogP contribution in [0.3, 0.4) is 0 Å². The summed E-state index contributed by atoms with van der Waals surface area (Å²) in [6, 6.07) is 12.9. The number of carbonyl (C=O) groups excluding carboxylic acids is 1. The molecule has 1 fully saturated rings. The van der Waals surface area contributed by atoms with Crippen molar-refractivity contribution in [3.8, 4) is 21.0 Å². The largest absolute Gasteiger partial charge is 0.388 e. The van der Waals surface area contributed by atoms with E-state index in [1.807, 2.05) is 31.3 Å². The van der Waals surface area contributed by atoms with Crippen LogP contribution in [0.5, 0.6) is 0 Å². The number of benzene rings is 2. The molecule has 31 heavy (non-hydrogen) atoms. The molecular formula is C22H24N4O3S2. The first-order valence-electron chi connectivity index (χ1n) is 10.0. The minimum atomic E-state index is -3.69. The topological polar surface area (TPSA) is 91.4 Å². The van der Waals surface area contributed by atoms with Crippen LogP contribution in [0.2, 0.25) is 0 Å². The molecule has 2 N–H and O–H groups in total. The Kier molecular flexibility index (Phi) is 6.08. The molecule has 1 aromatic heterocycles. The van der Waals surface area contributed by atoms with Crippen molar-refractivity contribution in [1.29, 1.82) is 0 Å². The summed E-state index contributed by atoms with van der Waals surface area (Å²) in [5.41, 5.74) is 3.03. The van der Waals surface area contributed by atoms with Gasteiger partial charge in [-0.25, -0.2) is 13.4 Å². The van der Waals surface area contributed by atoms with E-state index in [0.717, 1.165) is 34.0 Å². The van der Waals surface area contributed by atoms with Crippen molar-refractivity contribution in [2.45, 2.75) is 24.7 Å². The van der Waals surface area contributed by atoms with Gasteiger partial charge in [0, 0.05) is 55.8 Å². The van der Waals surface area contributed by atoms with Crippen molar-refractivity contribution in [3.05, 3.63) is 48.7 Å². The maximum atomic E-state index is 13.4. The smallest absolute Gasteiger partial charge is 0.243 e. The molecule has 0 aliphatic carbocycles. The third-order valence-corrected chi connectivity index (χ3v) is 8.19. The molecule has 4 rings (SSSR count). The minimum Gasteiger partial charge on any atom is -0.388 e. The Morgan fingerprint density at radius 1 is 1.06 bits per heavy atom. The molecule has 0 saturated carbocycles. The highest BCUT2D eigenvalue weighted by Crippen LogP contribution is 2.38. The van der Waals surface area contributed by atoms with Crippen LogP contribution < -0.4 is 10.6 Å². The monoisotopic (exact) mass is 456 g/mol. The molecule has 7 nitrogen and oxygen atoms in total. The highest BCUT2D eigenvalue weighted by Gasteiger charge is 2.30. The van der Waals surface area contributed by atoms with Gasteiger partial charge in [-0.2, -0.15) is 4.31 Å². The summed E-state index contributed by atoms with van der Waals surface area (Å²) in [4.78, 5) is 17.0. The van der Waals surface area contributed by atoms with Gasteiger partial charge in [0.25, 0.3) is 0 Å². The van der Waals surface area contributed by atoms with Crippen molar-refractivity contribution in [2.24, 2.45) is 0 Å². The van der Waals surface area contributed by atoms with E-state index in [4.69, 9.17) is 0 Å². The molecule has 1 saturated heterocycles. The van der Waals surface area contributed by atoms with Gasteiger partial charge in [0.1, 0.15) is 5.01 Å². The fourth-order valence-corrected chi connectivity index (χ4v) is 6.37. The second-order valence-electron chi connectivity index (χ2n) is 7.36.